The minimum absolute atomic E-state index is 0.00206. The maximum absolute atomic E-state index is 13.6. The quantitative estimate of drug-likeness (QED) is 0.211. The molecule has 5 aromatic rings. The predicted octanol–water partition coefficient (Wildman–Crippen LogP) is 5.72. The van der Waals surface area contributed by atoms with Crippen LogP contribution < -0.4 is 4.74 Å². The summed E-state index contributed by atoms with van der Waals surface area (Å²) in [5, 5.41) is 5.37. The smallest absolute Gasteiger partial charge is 0.247 e. The van der Waals surface area contributed by atoms with Crippen molar-refractivity contribution in [2.45, 2.75) is 32.4 Å². The first-order valence-electron chi connectivity index (χ1n) is 13.4. The van der Waals surface area contributed by atoms with Gasteiger partial charge in [-0.3, -0.25) is 9.48 Å². The molecule has 1 N–H and O–H groups in total. The van der Waals surface area contributed by atoms with E-state index in [1.807, 2.05) is 53.4 Å². The van der Waals surface area contributed by atoms with Crippen LogP contribution in [0.15, 0.2) is 91.5 Å². The molecule has 1 aliphatic rings. The maximum atomic E-state index is 13.6. The van der Waals surface area contributed by atoms with Crippen LogP contribution in [0.25, 0.3) is 17.0 Å². The van der Waals surface area contributed by atoms with Crippen LogP contribution >= 0.6 is 0 Å². The first kappa shape index (κ1) is 24.7. The summed E-state index contributed by atoms with van der Waals surface area (Å²) >= 11 is 0. The van der Waals surface area contributed by atoms with E-state index in [-0.39, 0.29) is 11.9 Å². The highest BCUT2D eigenvalue weighted by Crippen LogP contribution is 2.39. The number of aromatic nitrogens is 4. The van der Waals surface area contributed by atoms with Gasteiger partial charge in [-0.25, -0.2) is 4.98 Å². The lowest BCUT2D eigenvalue weighted by Crippen LogP contribution is -2.39. The van der Waals surface area contributed by atoms with E-state index < -0.39 is 0 Å². The minimum Gasteiger partial charge on any atom is -0.494 e. The Morgan fingerprint density at radius 1 is 1.10 bits per heavy atom. The normalized spacial score (nSPS) is 15.1. The molecule has 0 radical (unpaired) electrons. The molecule has 0 spiro atoms. The monoisotopic (exact) mass is 517 g/mol. The largest absolute Gasteiger partial charge is 0.494 e. The van der Waals surface area contributed by atoms with E-state index in [1.54, 1.807) is 17.1 Å². The summed E-state index contributed by atoms with van der Waals surface area (Å²) in [4.78, 5) is 23.2. The Bertz CT molecular complexity index is 1590. The molecule has 0 saturated carbocycles. The predicted molar refractivity (Wildman–Crippen MR) is 152 cm³/mol. The third-order valence-corrected chi connectivity index (χ3v) is 7.25. The Kier molecular flexibility index (Phi) is 6.95. The molecule has 39 heavy (non-hydrogen) atoms. The average Bonchev–Trinajstić information content (AvgIpc) is 3.62. The molecule has 7 nitrogen and oxygen atoms in total. The van der Waals surface area contributed by atoms with Crippen LogP contribution in [0.4, 0.5) is 0 Å². The summed E-state index contributed by atoms with van der Waals surface area (Å²) in [6, 6.07) is 24.4. The van der Waals surface area contributed by atoms with E-state index in [2.05, 4.69) is 52.3 Å². The molecule has 7 heteroatoms. The molecule has 6 rings (SSSR count). The van der Waals surface area contributed by atoms with E-state index in [1.165, 1.54) is 22.8 Å². The molecule has 1 unspecified atom stereocenters. The maximum Gasteiger partial charge on any atom is 0.247 e. The summed E-state index contributed by atoms with van der Waals surface area (Å²) in [5.74, 6) is 0.806. The summed E-state index contributed by atoms with van der Waals surface area (Å²) in [5.41, 5.74) is 6.78. The van der Waals surface area contributed by atoms with Gasteiger partial charge in [-0.15, -0.1) is 0 Å². The number of amides is 1. The van der Waals surface area contributed by atoms with Crippen molar-refractivity contribution in [2.24, 2.45) is 0 Å². The molecule has 0 bridgehead atoms. The number of fused-ring (bicyclic) bond motifs is 3. The molecule has 3 aromatic carbocycles. The number of aryl methyl sites for hydroxylation is 2. The molecular weight excluding hydrogens is 486 g/mol. The van der Waals surface area contributed by atoms with Gasteiger partial charge in [0, 0.05) is 42.2 Å². The van der Waals surface area contributed by atoms with E-state index in [4.69, 9.17) is 4.74 Å². The molecule has 1 aliphatic heterocycles. The fourth-order valence-electron chi connectivity index (χ4n) is 5.32. The fourth-order valence-corrected chi connectivity index (χ4v) is 5.32. The van der Waals surface area contributed by atoms with Crippen LogP contribution in [0.1, 0.15) is 40.4 Å². The second kappa shape index (κ2) is 11.0. The number of hydrogen-bond acceptors (Lipinski definition) is 4. The number of benzene rings is 3. The van der Waals surface area contributed by atoms with Crippen LogP contribution in [-0.2, 0) is 17.8 Å². The van der Waals surface area contributed by atoms with Crippen molar-refractivity contribution in [2.75, 3.05) is 13.2 Å². The van der Waals surface area contributed by atoms with Crippen molar-refractivity contribution in [3.05, 3.63) is 119 Å². The first-order valence-corrected chi connectivity index (χ1v) is 13.4. The number of nitrogens with zero attached hydrogens (tertiary/aromatic N) is 4. The summed E-state index contributed by atoms with van der Waals surface area (Å²) in [6.45, 7) is 4.12. The molecule has 2 aromatic heterocycles. The second-order valence-electron chi connectivity index (χ2n) is 9.92. The molecule has 196 valence electrons. The van der Waals surface area contributed by atoms with Crippen LogP contribution in [0.5, 0.6) is 5.75 Å². The minimum atomic E-state index is -0.212. The second-order valence-corrected chi connectivity index (χ2v) is 9.92. The van der Waals surface area contributed by atoms with Crippen LogP contribution in [0, 0.1) is 6.92 Å². The summed E-state index contributed by atoms with van der Waals surface area (Å²) < 4.78 is 7.78. The van der Waals surface area contributed by atoms with Crippen LogP contribution in [0.3, 0.4) is 0 Å². The molecular formula is C32H31N5O2. The van der Waals surface area contributed by atoms with Gasteiger partial charge in [-0.05, 0) is 60.4 Å². The van der Waals surface area contributed by atoms with Crippen LogP contribution in [-0.4, -0.2) is 43.7 Å². The third kappa shape index (κ3) is 5.34. The molecule has 0 saturated heterocycles. The highest BCUT2D eigenvalue weighted by atomic mass is 16.5. The zero-order valence-electron chi connectivity index (χ0n) is 22.0. The van der Waals surface area contributed by atoms with Crippen molar-refractivity contribution in [1.82, 2.24) is 24.6 Å². The third-order valence-electron chi connectivity index (χ3n) is 7.25. The van der Waals surface area contributed by atoms with E-state index in [0.29, 0.717) is 13.2 Å². The topological polar surface area (TPSA) is 76.0 Å². The molecule has 1 amide bonds. The van der Waals surface area contributed by atoms with Gasteiger partial charge < -0.3 is 14.6 Å². The van der Waals surface area contributed by atoms with Gasteiger partial charge in [0.15, 0.2) is 0 Å². The first-order chi connectivity index (χ1) is 19.2. The molecule has 1 atom stereocenters. The number of carbonyl (C=O) groups excluding carboxylic acids is 1. The van der Waals surface area contributed by atoms with Gasteiger partial charge in [-0.2, -0.15) is 5.10 Å². The van der Waals surface area contributed by atoms with E-state index >= 15 is 0 Å². The summed E-state index contributed by atoms with van der Waals surface area (Å²) in [7, 11) is 0. The lowest BCUT2D eigenvalue weighted by atomic mass is 9.92. The van der Waals surface area contributed by atoms with Crippen molar-refractivity contribution in [3.63, 3.8) is 0 Å². The van der Waals surface area contributed by atoms with E-state index in [9.17, 15) is 4.79 Å². The lowest BCUT2D eigenvalue weighted by molar-refractivity contribution is -0.128. The van der Waals surface area contributed by atoms with Crippen molar-refractivity contribution in [3.8, 4) is 5.75 Å². The SMILES string of the molecule is Cc1ccc2[nH]c3c(c2c1)CCN(C(=O)/C=C/c1ccccc1)C3c1ccc(OCCCn2cncn2)cc1. The Balaban J connectivity index is 1.26. The van der Waals surface area contributed by atoms with Gasteiger partial charge >= 0.3 is 0 Å². The fraction of sp³-hybridized carbons (Fsp3) is 0.219. The molecule has 3 heterocycles. The Hall–Kier alpha value is -4.65. The number of rotatable bonds is 8. The Labute approximate surface area is 227 Å². The van der Waals surface area contributed by atoms with Gasteiger partial charge in [-0.1, -0.05) is 54.1 Å². The van der Waals surface area contributed by atoms with Gasteiger partial charge in [0.2, 0.25) is 5.91 Å². The number of H-pyrrole nitrogens is 1. The number of carbonyl (C=O) groups is 1. The number of hydrogen-bond donors (Lipinski definition) is 1. The number of nitrogens with one attached hydrogen (secondary N) is 1. The molecule has 0 aliphatic carbocycles. The molecule has 0 fully saturated rings. The van der Waals surface area contributed by atoms with Crippen LogP contribution in [0.2, 0.25) is 0 Å². The standard InChI is InChI=1S/C32H31N5O2/c1-23-8-14-29-28(20-23)27-16-18-37(30(38)15-9-24-6-3-2-4-7-24)32(31(27)35-29)25-10-12-26(13-11-25)39-19-5-17-36-22-33-21-34-36/h2-4,6-15,20-22,32,35H,5,16-19H2,1H3/b15-9+. The lowest BCUT2D eigenvalue weighted by Gasteiger charge is -2.35. The highest BCUT2D eigenvalue weighted by Gasteiger charge is 2.33. The Morgan fingerprint density at radius 3 is 2.74 bits per heavy atom. The van der Waals surface area contributed by atoms with Gasteiger partial charge in [0.25, 0.3) is 0 Å². The van der Waals surface area contributed by atoms with Crippen molar-refractivity contribution in [1.29, 1.82) is 0 Å². The summed E-state index contributed by atoms with van der Waals surface area (Å²) in [6.07, 6.45) is 8.47. The highest BCUT2D eigenvalue weighted by molar-refractivity contribution is 5.93. The zero-order valence-corrected chi connectivity index (χ0v) is 22.0. The number of aromatic amines is 1. The van der Waals surface area contributed by atoms with Crippen molar-refractivity contribution < 1.29 is 9.53 Å². The average molecular weight is 518 g/mol. The van der Waals surface area contributed by atoms with Gasteiger partial charge in [0.1, 0.15) is 18.4 Å². The van der Waals surface area contributed by atoms with Crippen molar-refractivity contribution >= 4 is 22.9 Å². The zero-order chi connectivity index (χ0) is 26.6. The van der Waals surface area contributed by atoms with E-state index in [0.717, 1.165) is 47.5 Å². The Morgan fingerprint density at radius 2 is 1.95 bits per heavy atom. The van der Waals surface area contributed by atoms with Gasteiger partial charge in [0.05, 0.1) is 12.6 Å². The number of ether oxygens (including phenoxy) is 1.